The second-order valence-electron chi connectivity index (χ2n) is 1.42. The van der Waals surface area contributed by atoms with Gasteiger partial charge in [0.2, 0.25) is 0 Å². The summed E-state index contributed by atoms with van der Waals surface area (Å²) in [4.78, 5) is 0. The minimum Gasteiger partial charge on any atom is -0.317 e. The number of nitrogens with one attached hydrogen (secondary N) is 1. The third kappa shape index (κ3) is 0.977. The quantitative estimate of drug-likeness (QED) is 0.461. The van der Waals surface area contributed by atoms with Gasteiger partial charge < -0.3 is 5.32 Å². The van der Waals surface area contributed by atoms with Crippen LogP contribution in [0.2, 0.25) is 0 Å². The molecule has 1 atom stereocenters. The third-order valence-electron chi connectivity index (χ3n) is 0.854. The molecule has 36 valence electrons. The van der Waals surface area contributed by atoms with Gasteiger partial charge in [-0.3, -0.25) is 0 Å². The molecule has 1 aliphatic rings. The van der Waals surface area contributed by atoms with E-state index in [4.69, 9.17) is 4.11 Å². The highest BCUT2D eigenvalue weighted by molar-refractivity contribution is 4.55. The van der Waals surface area contributed by atoms with Crippen molar-refractivity contribution in [1.82, 2.24) is 5.32 Å². The first-order valence-corrected chi connectivity index (χ1v) is 2.30. The summed E-state index contributed by atoms with van der Waals surface area (Å²) in [5.74, 6) is 0. The van der Waals surface area contributed by atoms with E-state index in [1.807, 2.05) is 0 Å². The molecule has 1 heteroatoms. The van der Waals surface area contributed by atoms with Crippen molar-refractivity contribution in [2.75, 3.05) is 13.0 Å². The monoisotopic (exact) mass is 88.1 g/mol. The highest BCUT2D eigenvalue weighted by Gasteiger charge is 1.93. The molecule has 6 heavy (non-hydrogen) atoms. The molecule has 0 aromatic heterocycles. The molecule has 0 aromatic rings. The van der Waals surface area contributed by atoms with Crippen LogP contribution >= 0.6 is 0 Å². The van der Waals surface area contributed by atoms with Gasteiger partial charge in [0.05, 0.1) is 0 Å². The Morgan fingerprint density at radius 2 is 2.33 bits per heavy atom. The Balaban J connectivity index is 2.41. The number of hydrogen-bond donors (Lipinski definition) is 1. The van der Waals surface area contributed by atoms with E-state index in [1.54, 1.807) is 0 Å². The van der Waals surface area contributed by atoms with Gasteiger partial charge in [0.15, 0.2) is 0 Å². The molecule has 1 saturated heterocycles. The topological polar surface area (TPSA) is 12.0 Å². The van der Waals surface area contributed by atoms with Gasteiger partial charge in [0.1, 0.15) is 0 Å². The van der Waals surface area contributed by atoms with Crippen LogP contribution in [0.1, 0.15) is 23.4 Å². The summed E-state index contributed by atoms with van der Waals surface area (Å²) in [6.45, 7) is -1.68. The summed E-state index contributed by atoms with van der Waals surface area (Å²) >= 11 is 0. The molecule has 0 aliphatic carbocycles. The first kappa shape index (κ1) is 1.83. The van der Waals surface area contributed by atoms with E-state index in [9.17, 15) is 0 Å². The van der Waals surface area contributed by atoms with Crippen molar-refractivity contribution in [2.45, 2.75) is 19.3 Å². The molecule has 0 radical (unpaired) electrons. The van der Waals surface area contributed by atoms with E-state index < -0.39 is 13.0 Å². The van der Waals surface area contributed by atoms with E-state index in [-0.39, 0.29) is 0 Å². The van der Waals surface area contributed by atoms with Crippen molar-refractivity contribution in [3.8, 4) is 0 Å². The van der Waals surface area contributed by atoms with Crippen molar-refractivity contribution in [3.63, 3.8) is 0 Å². The lowest BCUT2D eigenvalue weighted by Gasteiger charge is -2.08. The molecule has 0 bridgehead atoms. The van der Waals surface area contributed by atoms with Gasteiger partial charge in [-0.2, -0.15) is 0 Å². The van der Waals surface area contributed by atoms with Crippen molar-refractivity contribution < 1.29 is 4.11 Å². The van der Waals surface area contributed by atoms with Crippen LogP contribution in [0, 0.1) is 0 Å². The Kier molecular flexibility index (Phi) is 0.667. The molecular weight excluding hydrogens is 74.1 g/mol. The summed E-state index contributed by atoms with van der Waals surface area (Å²) in [6, 6.07) is 0. The van der Waals surface area contributed by atoms with Gasteiger partial charge in [0.25, 0.3) is 0 Å². The fraction of sp³-hybridized carbons (Fsp3) is 1.00. The fourth-order valence-corrected chi connectivity index (χ4v) is 0.509. The molecule has 1 aliphatic heterocycles. The third-order valence-corrected chi connectivity index (χ3v) is 0.854. The van der Waals surface area contributed by atoms with Crippen LogP contribution in [-0.2, 0) is 0 Å². The number of rotatable bonds is 0. The SMILES string of the molecule is [2H]C1CCCC([2H])([2H])N1. The van der Waals surface area contributed by atoms with E-state index in [2.05, 4.69) is 5.32 Å². The van der Waals surface area contributed by atoms with E-state index >= 15 is 0 Å². The van der Waals surface area contributed by atoms with Gasteiger partial charge >= 0.3 is 0 Å². The normalized spacial score (nSPS) is 52.0. The average molecular weight is 88.2 g/mol. The van der Waals surface area contributed by atoms with Crippen LogP contribution in [-0.4, -0.2) is 13.0 Å². The molecule has 1 rings (SSSR count). The Morgan fingerprint density at radius 3 is 2.83 bits per heavy atom. The molecule has 1 heterocycles. The van der Waals surface area contributed by atoms with Crippen LogP contribution in [0.15, 0.2) is 0 Å². The first-order chi connectivity index (χ1) is 4.10. The van der Waals surface area contributed by atoms with Crippen molar-refractivity contribution in [2.24, 2.45) is 0 Å². The lowest BCUT2D eigenvalue weighted by atomic mass is 10.2. The Hall–Kier alpha value is -0.0400. The van der Waals surface area contributed by atoms with E-state index in [0.29, 0.717) is 6.42 Å². The second-order valence-corrected chi connectivity index (χ2v) is 1.42. The Morgan fingerprint density at radius 1 is 1.33 bits per heavy atom. The maximum atomic E-state index is 7.19. The van der Waals surface area contributed by atoms with Crippen LogP contribution in [0.5, 0.6) is 0 Å². The lowest BCUT2D eigenvalue weighted by Crippen LogP contribution is -2.21. The predicted molar refractivity (Wildman–Crippen MR) is 26.7 cm³/mol. The summed E-state index contributed by atoms with van der Waals surface area (Å²) in [7, 11) is 0. The Bertz CT molecular complexity index is 104. The highest BCUT2D eigenvalue weighted by Crippen LogP contribution is 1.96. The van der Waals surface area contributed by atoms with Crippen molar-refractivity contribution >= 4 is 0 Å². The van der Waals surface area contributed by atoms with Crippen LogP contribution in [0.4, 0.5) is 0 Å². The standard InChI is InChI=1S/C5H11N/c1-2-4-6-5-3-1/h6H,1-5H2/i4D,5D2. The van der Waals surface area contributed by atoms with Crippen molar-refractivity contribution in [3.05, 3.63) is 0 Å². The molecule has 1 N–H and O–H groups in total. The molecule has 0 amide bonds. The maximum absolute atomic E-state index is 7.19. The minimum absolute atomic E-state index is 0.395. The highest BCUT2D eigenvalue weighted by atomic mass is 14.9. The minimum atomic E-state index is -1.29. The Labute approximate surface area is 43.0 Å². The largest absolute Gasteiger partial charge is 0.317 e. The molecule has 0 aromatic carbocycles. The second kappa shape index (κ2) is 2.19. The van der Waals surface area contributed by atoms with Gasteiger partial charge in [-0.1, -0.05) is 6.42 Å². The predicted octanol–water partition coefficient (Wildman–Crippen LogP) is 0.760. The van der Waals surface area contributed by atoms with Gasteiger partial charge in [-0.25, -0.2) is 0 Å². The molecular formula is C5H11N. The lowest BCUT2D eigenvalue weighted by molar-refractivity contribution is 0.520. The summed E-state index contributed by atoms with van der Waals surface area (Å²) in [5.41, 5.74) is 0. The molecule has 0 spiro atoms. The number of hydrogen-bond acceptors (Lipinski definition) is 1. The molecule has 1 nitrogen and oxygen atoms in total. The zero-order chi connectivity index (χ0) is 6.91. The first-order valence-electron chi connectivity index (χ1n) is 3.88. The van der Waals surface area contributed by atoms with Crippen LogP contribution < -0.4 is 5.32 Å². The fourth-order valence-electron chi connectivity index (χ4n) is 0.509. The summed E-state index contributed by atoms with van der Waals surface area (Å²) in [5, 5.41) is 2.56. The number of piperidine rings is 1. The molecule has 1 unspecified atom stereocenters. The van der Waals surface area contributed by atoms with Crippen LogP contribution in [0.25, 0.3) is 0 Å². The van der Waals surface area contributed by atoms with E-state index in [0.717, 1.165) is 12.8 Å². The maximum Gasteiger partial charge on any atom is 0.0428 e. The average Bonchev–Trinajstić information content (AvgIpc) is 1.60. The zero-order valence-corrected chi connectivity index (χ0v) is 3.70. The smallest absolute Gasteiger partial charge is 0.0428 e. The van der Waals surface area contributed by atoms with Crippen molar-refractivity contribution in [1.29, 1.82) is 0 Å². The van der Waals surface area contributed by atoms with Gasteiger partial charge in [-0.15, -0.1) is 0 Å². The molecule has 0 saturated carbocycles. The van der Waals surface area contributed by atoms with Crippen LogP contribution in [0.3, 0.4) is 0 Å². The summed E-state index contributed by atoms with van der Waals surface area (Å²) < 4.78 is 21.6. The zero-order valence-electron chi connectivity index (χ0n) is 6.70. The summed E-state index contributed by atoms with van der Waals surface area (Å²) in [6.07, 6.45) is 2.15. The van der Waals surface area contributed by atoms with Gasteiger partial charge in [0, 0.05) is 4.11 Å². The van der Waals surface area contributed by atoms with E-state index in [1.165, 1.54) is 0 Å². The molecule has 1 fully saturated rings. The van der Waals surface area contributed by atoms with Gasteiger partial charge in [-0.05, 0) is 25.9 Å².